The minimum Gasteiger partial charge on any atom is -1.00 e. The molecule has 0 amide bonds. The molecule has 0 saturated heterocycles. The molecule has 7 heteroatoms. The van der Waals surface area contributed by atoms with E-state index in [0.29, 0.717) is 31.3 Å². The van der Waals surface area contributed by atoms with Crippen molar-refractivity contribution in [2.75, 3.05) is 6.61 Å². The van der Waals surface area contributed by atoms with Gasteiger partial charge in [-0.3, -0.25) is 4.98 Å². The van der Waals surface area contributed by atoms with Crippen LogP contribution < -0.4 is 27.2 Å². The van der Waals surface area contributed by atoms with Crippen LogP contribution in [0.15, 0.2) is 65.4 Å². The smallest absolute Gasteiger partial charge is 0.175 e. The van der Waals surface area contributed by atoms with Crippen LogP contribution in [0.2, 0.25) is 0 Å². The van der Waals surface area contributed by atoms with Crippen molar-refractivity contribution in [2.24, 2.45) is 0 Å². The normalized spacial score (nSPS) is 10.3. The Balaban J connectivity index is 0.00000300. The average Bonchev–Trinajstić information content (AvgIpc) is 2.70. The lowest BCUT2D eigenvalue weighted by atomic mass is 10.2. The van der Waals surface area contributed by atoms with Gasteiger partial charge in [0, 0.05) is 25.5 Å². The van der Waals surface area contributed by atoms with Crippen molar-refractivity contribution in [3.63, 3.8) is 0 Å². The number of halogens is 3. The summed E-state index contributed by atoms with van der Waals surface area (Å²) in [7, 11) is 0. The molecule has 0 aliphatic carbocycles. The molecule has 0 radical (unpaired) electrons. The molecule has 1 N–H and O–H groups in total. The zero-order valence-electron chi connectivity index (χ0n) is 16.0. The predicted molar refractivity (Wildman–Crippen MR) is 111 cm³/mol. The zero-order valence-corrected chi connectivity index (χ0v) is 18.3. The maximum Gasteiger partial charge on any atom is 0.175 e. The van der Waals surface area contributed by atoms with E-state index in [-0.39, 0.29) is 18.2 Å². The predicted octanol–water partition coefficient (Wildman–Crippen LogP) is 2.25. The van der Waals surface area contributed by atoms with Crippen LogP contribution in [0.1, 0.15) is 23.6 Å². The van der Waals surface area contributed by atoms with E-state index >= 15 is 0 Å². The summed E-state index contributed by atoms with van der Waals surface area (Å²) in [5, 5.41) is 3.42. The SMILES string of the molecule is CCOc1cc(CNCc2ccncc2)cc(Br)c1OCc1ccc(F)cc1.[Cl-]. The van der Waals surface area contributed by atoms with Gasteiger partial charge in [-0.1, -0.05) is 12.1 Å². The summed E-state index contributed by atoms with van der Waals surface area (Å²) < 4.78 is 25.6. The lowest BCUT2D eigenvalue weighted by Crippen LogP contribution is -3.00. The van der Waals surface area contributed by atoms with Crippen molar-refractivity contribution in [3.8, 4) is 11.5 Å². The minimum absolute atomic E-state index is 0. The van der Waals surface area contributed by atoms with Crippen molar-refractivity contribution in [1.82, 2.24) is 10.3 Å². The molecular formula is C22H22BrClFN2O2-. The number of benzene rings is 2. The molecule has 3 aromatic rings. The van der Waals surface area contributed by atoms with E-state index in [1.807, 2.05) is 31.2 Å². The largest absolute Gasteiger partial charge is 1.00 e. The van der Waals surface area contributed by atoms with Gasteiger partial charge in [0.1, 0.15) is 12.4 Å². The molecular weight excluding hydrogens is 459 g/mol. The summed E-state index contributed by atoms with van der Waals surface area (Å²) in [6, 6.07) is 14.2. The van der Waals surface area contributed by atoms with Gasteiger partial charge in [-0.05, 0) is 75.9 Å². The van der Waals surface area contributed by atoms with Crippen molar-refractivity contribution in [2.45, 2.75) is 26.6 Å². The lowest BCUT2D eigenvalue weighted by molar-refractivity contribution is -0.00000703. The molecule has 0 aliphatic heterocycles. The number of aromatic nitrogens is 1. The second-order valence-electron chi connectivity index (χ2n) is 6.21. The van der Waals surface area contributed by atoms with Crippen molar-refractivity contribution in [3.05, 3.63) is 87.9 Å². The highest BCUT2D eigenvalue weighted by atomic mass is 79.9. The summed E-state index contributed by atoms with van der Waals surface area (Å²) in [6.45, 7) is 4.25. The van der Waals surface area contributed by atoms with Crippen LogP contribution >= 0.6 is 15.9 Å². The fourth-order valence-corrected chi connectivity index (χ4v) is 3.32. The maximum absolute atomic E-state index is 13.1. The third kappa shape index (κ3) is 6.99. The van der Waals surface area contributed by atoms with Crippen LogP contribution in [0.5, 0.6) is 11.5 Å². The van der Waals surface area contributed by atoms with E-state index in [2.05, 4.69) is 26.2 Å². The Morgan fingerprint density at radius 2 is 1.62 bits per heavy atom. The van der Waals surface area contributed by atoms with Crippen LogP contribution in [0.4, 0.5) is 4.39 Å². The highest BCUT2D eigenvalue weighted by Crippen LogP contribution is 2.37. The molecule has 1 aromatic heterocycles. The first kappa shape index (κ1) is 23.1. The lowest BCUT2D eigenvalue weighted by Gasteiger charge is -2.16. The molecule has 0 saturated carbocycles. The molecule has 154 valence electrons. The highest BCUT2D eigenvalue weighted by molar-refractivity contribution is 9.10. The molecule has 0 atom stereocenters. The molecule has 0 spiro atoms. The highest BCUT2D eigenvalue weighted by Gasteiger charge is 2.13. The molecule has 0 fully saturated rings. The van der Waals surface area contributed by atoms with Crippen LogP contribution in [-0.2, 0) is 19.7 Å². The number of hydrogen-bond acceptors (Lipinski definition) is 4. The second-order valence-corrected chi connectivity index (χ2v) is 7.07. The summed E-state index contributed by atoms with van der Waals surface area (Å²) in [6.07, 6.45) is 3.57. The van der Waals surface area contributed by atoms with E-state index < -0.39 is 0 Å². The monoisotopic (exact) mass is 479 g/mol. The Morgan fingerprint density at radius 1 is 0.931 bits per heavy atom. The number of nitrogens with one attached hydrogen (secondary N) is 1. The van der Waals surface area contributed by atoms with Crippen LogP contribution in [0.3, 0.4) is 0 Å². The van der Waals surface area contributed by atoms with Gasteiger partial charge in [0.15, 0.2) is 11.5 Å². The van der Waals surface area contributed by atoms with Crippen molar-refractivity contribution < 1.29 is 26.3 Å². The van der Waals surface area contributed by atoms with Crippen LogP contribution in [0.25, 0.3) is 0 Å². The fraction of sp³-hybridized carbons (Fsp3) is 0.227. The van der Waals surface area contributed by atoms with E-state index in [1.165, 1.54) is 17.7 Å². The first-order valence-corrected chi connectivity index (χ1v) is 9.87. The van der Waals surface area contributed by atoms with Gasteiger partial charge in [0.25, 0.3) is 0 Å². The molecule has 2 aromatic carbocycles. The van der Waals surface area contributed by atoms with E-state index in [9.17, 15) is 4.39 Å². The van der Waals surface area contributed by atoms with Crippen molar-refractivity contribution in [1.29, 1.82) is 0 Å². The summed E-state index contributed by atoms with van der Waals surface area (Å²) in [5.41, 5.74) is 3.15. The standard InChI is InChI=1S/C22H22BrFN2O2.ClH/c1-2-27-21-12-18(14-26-13-16-7-9-25-10-8-16)11-20(23)22(21)28-15-17-3-5-19(24)6-4-17;/h3-12,26H,2,13-15H2,1H3;1H/p-1. The van der Waals surface area contributed by atoms with Crippen molar-refractivity contribution >= 4 is 15.9 Å². The Morgan fingerprint density at radius 3 is 2.31 bits per heavy atom. The van der Waals surface area contributed by atoms with E-state index in [0.717, 1.165) is 22.1 Å². The van der Waals surface area contributed by atoms with Gasteiger partial charge in [0.2, 0.25) is 0 Å². The van der Waals surface area contributed by atoms with E-state index in [4.69, 9.17) is 9.47 Å². The minimum atomic E-state index is -0.261. The topological polar surface area (TPSA) is 43.4 Å². The average molecular weight is 481 g/mol. The molecule has 0 bridgehead atoms. The van der Waals surface area contributed by atoms with Gasteiger partial charge in [-0.15, -0.1) is 0 Å². The summed E-state index contributed by atoms with van der Waals surface area (Å²) >= 11 is 3.59. The third-order valence-corrected chi connectivity index (χ3v) is 4.66. The maximum atomic E-state index is 13.1. The number of nitrogens with zero attached hydrogens (tertiary/aromatic N) is 1. The number of rotatable bonds is 9. The van der Waals surface area contributed by atoms with E-state index in [1.54, 1.807) is 24.5 Å². The fourth-order valence-electron chi connectivity index (χ4n) is 2.71. The van der Waals surface area contributed by atoms with Gasteiger partial charge < -0.3 is 27.2 Å². The van der Waals surface area contributed by atoms with Gasteiger partial charge in [0.05, 0.1) is 11.1 Å². The quantitative estimate of drug-likeness (QED) is 0.510. The number of ether oxygens (including phenoxy) is 2. The molecule has 3 rings (SSSR count). The Hall–Kier alpha value is -2.15. The van der Waals surface area contributed by atoms with Gasteiger partial charge >= 0.3 is 0 Å². The van der Waals surface area contributed by atoms with Gasteiger partial charge in [-0.2, -0.15) is 0 Å². The Labute approximate surface area is 185 Å². The van der Waals surface area contributed by atoms with Gasteiger partial charge in [-0.25, -0.2) is 4.39 Å². The van der Waals surface area contributed by atoms with Crippen LogP contribution in [0, 0.1) is 5.82 Å². The summed E-state index contributed by atoms with van der Waals surface area (Å²) in [4.78, 5) is 4.03. The first-order valence-electron chi connectivity index (χ1n) is 9.07. The number of pyridine rings is 1. The molecule has 0 aliphatic rings. The first-order chi connectivity index (χ1) is 13.7. The summed E-state index contributed by atoms with van der Waals surface area (Å²) in [5.74, 6) is 1.06. The second kappa shape index (κ2) is 11.8. The molecule has 1 heterocycles. The molecule has 29 heavy (non-hydrogen) atoms. The zero-order chi connectivity index (χ0) is 19.8. The number of hydrogen-bond donors (Lipinski definition) is 1. The third-order valence-electron chi connectivity index (χ3n) is 4.07. The molecule has 4 nitrogen and oxygen atoms in total. The molecule has 0 unspecified atom stereocenters. The van der Waals surface area contributed by atoms with Crippen LogP contribution in [-0.4, -0.2) is 11.6 Å². The Kier molecular flexibility index (Phi) is 9.38. The Bertz CT molecular complexity index is 895.